The molecule has 0 radical (unpaired) electrons. The molecule has 2 heterocycles. The van der Waals surface area contributed by atoms with Crippen molar-refractivity contribution in [1.82, 2.24) is 25.1 Å². The predicted octanol–water partition coefficient (Wildman–Crippen LogP) is 1.77. The minimum Gasteiger partial charge on any atom is -0.421 e. The van der Waals surface area contributed by atoms with Crippen LogP contribution in [-0.2, 0) is 6.54 Å². The second kappa shape index (κ2) is 5.59. The molecule has 2 aromatic rings. The van der Waals surface area contributed by atoms with Crippen molar-refractivity contribution in [3.8, 4) is 11.8 Å². The van der Waals surface area contributed by atoms with E-state index >= 15 is 0 Å². The molecule has 0 saturated heterocycles. The van der Waals surface area contributed by atoms with E-state index in [0.29, 0.717) is 17.8 Å². The van der Waals surface area contributed by atoms with Gasteiger partial charge in [-0.05, 0) is 20.9 Å². The summed E-state index contributed by atoms with van der Waals surface area (Å²) in [5, 5.41) is 7.22. The van der Waals surface area contributed by atoms with Crippen molar-refractivity contribution >= 4 is 0 Å². The molecule has 0 spiro atoms. The molecule has 96 valence electrons. The molecule has 0 aliphatic heterocycles. The zero-order chi connectivity index (χ0) is 13.0. The number of hydrogen-bond donors (Lipinski definition) is 1. The van der Waals surface area contributed by atoms with Crippen LogP contribution in [0.25, 0.3) is 0 Å². The number of hydrogen-bond acceptors (Lipinski definition) is 5. The van der Waals surface area contributed by atoms with Crippen LogP contribution in [-0.4, -0.2) is 26.8 Å². The summed E-state index contributed by atoms with van der Waals surface area (Å²) in [6.45, 7) is 4.85. The van der Waals surface area contributed by atoms with Gasteiger partial charge in [-0.3, -0.25) is 4.68 Å². The summed E-state index contributed by atoms with van der Waals surface area (Å²) < 4.78 is 7.34. The summed E-state index contributed by atoms with van der Waals surface area (Å²) in [7, 11) is 1.88. The van der Waals surface area contributed by atoms with Gasteiger partial charge in [0.25, 0.3) is 0 Å². The van der Waals surface area contributed by atoms with Crippen LogP contribution in [0.2, 0.25) is 0 Å². The van der Waals surface area contributed by atoms with E-state index in [1.807, 2.05) is 17.9 Å². The maximum Gasteiger partial charge on any atom is 0.321 e. The summed E-state index contributed by atoms with van der Waals surface area (Å²) >= 11 is 0. The Balaban J connectivity index is 2.03. The molecule has 18 heavy (non-hydrogen) atoms. The predicted molar refractivity (Wildman–Crippen MR) is 67.5 cm³/mol. The lowest BCUT2D eigenvalue weighted by atomic mass is 10.3. The lowest BCUT2D eigenvalue weighted by molar-refractivity contribution is 0.438. The van der Waals surface area contributed by atoms with Gasteiger partial charge in [0.05, 0.1) is 12.4 Å². The molecule has 2 rings (SSSR count). The van der Waals surface area contributed by atoms with Crippen molar-refractivity contribution in [2.45, 2.75) is 26.4 Å². The first-order valence-corrected chi connectivity index (χ1v) is 5.86. The number of rotatable bonds is 5. The molecule has 0 aliphatic carbocycles. The molecule has 6 heteroatoms. The fraction of sp³-hybridized carbons (Fsp3) is 0.417. The maximum absolute atomic E-state index is 5.52. The average molecular weight is 247 g/mol. The van der Waals surface area contributed by atoms with Gasteiger partial charge >= 0.3 is 6.01 Å². The van der Waals surface area contributed by atoms with Crippen LogP contribution in [0.5, 0.6) is 11.8 Å². The minimum absolute atomic E-state index is 0.307. The molecule has 0 saturated carbocycles. The molecule has 0 aromatic carbocycles. The molecule has 0 unspecified atom stereocenters. The van der Waals surface area contributed by atoms with Crippen molar-refractivity contribution in [3.05, 3.63) is 30.4 Å². The summed E-state index contributed by atoms with van der Waals surface area (Å²) in [4.78, 5) is 8.27. The standard InChI is InChI=1S/C12H17N5O/c1-9(2)17-8-11(7-16-17)18-12-14-5-10(4-13-3)6-15-12/h5-9,13H,4H2,1-3H3. The van der Waals surface area contributed by atoms with Crippen molar-refractivity contribution in [1.29, 1.82) is 0 Å². The second-order valence-electron chi connectivity index (χ2n) is 4.26. The van der Waals surface area contributed by atoms with Crippen LogP contribution < -0.4 is 10.1 Å². The van der Waals surface area contributed by atoms with Crippen molar-refractivity contribution in [2.75, 3.05) is 7.05 Å². The largest absolute Gasteiger partial charge is 0.421 e. The third-order valence-corrected chi connectivity index (χ3v) is 2.38. The van der Waals surface area contributed by atoms with Gasteiger partial charge in [0, 0.05) is 30.5 Å². The van der Waals surface area contributed by atoms with Gasteiger partial charge in [-0.25, -0.2) is 9.97 Å². The highest BCUT2D eigenvalue weighted by Crippen LogP contribution is 2.17. The second-order valence-corrected chi connectivity index (χ2v) is 4.26. The van der Waals surface area contributed by atoms with Gasteiger partial charge in [0.1, 0.15) is 0 Å². The summed E-state index contributed by atoms with van der Waals surface area (Å²) in [6.07, 6.45) is 6.97. The van der Waals surface area contributed by atoms with Gasteiger partial charge < -0.3 is 10.1 Å². The normalized spacial score (nSPS) is 10.9. The first-order chi connectivity index (χ1) is 8.69. The van der Waals surface area contributed by atoms with Crippen LogP contribution in [0.15, 0.2) is 24.8 Å². The average Bonchev–Trinajstić information content (AvgIpc) is 2.81. The number of nitrogens with zero attached hydrogens (tertiary/aromatic N) is 4. The molecule has 0 aliphatic rings. The van der Waals surface area contributed by atoms with Crippen LogP contribution in [0.3, 0.4) is 0 Å². The lowest BCUT2D eigenvalue weighted by Crippen LogP contribution is -2.06. The molecule has 0 amide bonds. The Morgan fingerprint density at radius 3 is 2.56 bits per heavy atom. The monoisotopic (exact) mass is 247 g/mol. The van der Waals surface area contributed by atoms with E-state index in [-0.39, 0.29) is 0 Å². The first-order valence-electron chi connectivity index (χ1n) is 5.86. The zero-order valence-electron chi connectivity index (χ0n) is 10.8. The topological polar surface area (TPSA) is 64.9 Å². The van der Waals surface area contributed by atoms with Gasteiger partial charge in [0.2, 0.25) is 0 Å². The van der Waals surface area contributed by atoms with Gasteiger partial charge in [0.15, 0.2) is 5.75 Å². The number of aromatic nitrogens is 4. The molecular formula is C12H17N5O. The van der Waals surface area contributed by atoms with Crippen molar-refractivity contribution in [2.24, 2.45) is 0 Å². The van der Waals surface area contributed by atoms with Crippen LogP contribution in [0.4, 0.5) is 0 Å². The fourth-order valence-corrected chi connectivity index (χ4v) is 1.45. The van der Waals surface area contributed by atoms with Crippen LogP contribution >= 0.6 is 0 Å². The Morgan fingerprint density at radius 2 is 2.00 bits per heavy atom. The van der Waals surface area contributed by atoms with E-state index in [4.69, 9.17) is 4.74 Å². The van der Waals surface area contributed by atoms with Crippen molar-refractivity contribution in [3.63, 3.8) is 0 Å². The van der Waals surface area contributed by atoms with E-state index in [2.05, 4.69) is 34.2 Å². The Kier molecular flexibility index (Phi) is 3.88. The van der Waals surface area contributed by atoms with E-state index < -0.39 is 0 Å². The summed E-state index contributed by atoms with van der Waals surface area (Å²) in [5.74, 6) is 0.644. The lowest BCUT2D eigenvalue weighted by Gasteiger charge is -2.03. The molecule has 6 nitrogen and oxygen atoms in total. The van der Waals surface area contributed by atoms with Gasteiger partial charge in [-0.2, -0.15) is 5.10 Å². The zero-order valence-corrected chi connectivity index (χ0v) is 10.8. The molecule has 2 aromatic heterocycles. The third kappa shape index (κ3) is 3.04. The Bertz CT molecular complexity index is 491. The number of nitrogens with one attached hydrogen (secondary N) is 1. The van der Waals surface area contributed by atoms with E-state index in [1.165, 1.54) is 0 Å². The van der Waals surface area contributed by atoms with E-state index in [1.54, 1.807) is 18.6 Å². The Hall–Kier alpha value is -1.95. The molecule has 1 N–H and O–H groups in total. The molecule has 0 fully saturated rings. The Labute approximate surface area is 106 Å². The number of ether oxygens (including phenoxy) is 1. The molecule has 0 atom stereocenters. The highest BCUT2D eigenvalue weighted by molar-refractivity contribution is 5.18. The van der Waals surface area contributed by atoms with Crippen molar-refractivity contribution < 1.29 is 4.74 Å². The Morgan fingerprint density at radius 1 is 1.28 bits per heavy atom. The van der Waals surface area contributed by atoms with E-state index in [9.17, 15) is 0 Å². The van der Waals surface area contributed by atoms with Crippen LogP contribution in [0, 0.1) is 0 Å². The summed E-state index contributed by atoms with van der Waals surface area (Å²) in [5.41, 5.74) is 1.02. The highest BCUT2D eigenvalue weighted by Gasteiger charge is 2.05. The van der Waals surface area contributed by atoms with E-state index in [0.717, 1.165) is 12.1 Å². The van der Waals surface area contributed by atoms with Gasteiger partial charge in [-0.15, -0.1) is 0 Å². The molecular weight excluding hydrogens is 230 g/mol. The summed E-state index contributed by atoms with van der Waals surface area (Å²) in [6, 6.07) is 0.638. The highest BCUT2D eigenvalue weighted by atomic mass is 16.5. The quantitative estimate of drug-likeness (QED) is 0.872. The third-order valence-electron chi connectivity index (χ3n) is 2.38. The smallest absolute Gasteiger partial charge is 0.321 e. The SMILES string of the molecule is CNCc1cnc(Oc2cnn(C(C)C)c2)nc1. The van der Waals surface area contributed by atoms with Gasteiger partial charge in [-0.1, -0.05) is 0 Å². The van der Waals surface area contributed by atoms with Crippen LogP contribution in [0.1, 0.15) is 25.5 Å². The fourth-order valence-electron chi connectivity index (χ4n) is 1.45. The maximum atomic E-state index is 5.52. The first kappa shape index (κ1) is 12.5. The minimum atomic E-state index is 0.307. The molecule has 0 bridgehead atoms.